The number of anilines is 2. The van der Waals surface area contributed by atoms with Gasteiger partial charge in [-0.2, -0.15) is 13.2 Å². The summed E-state index contributed by atoms with van der Waals surface area (Å²) in [5.74, 6) is -1.36. The number of halogens is 4. The highest BCUT2D eigenvalue weighted by molar-refractivity contribution is 7.92. The first-order chi connectivity index (χ1) is 17.6. The van der Waals surface area contributed by atoms with E-state index < -0.39 is 56.4 Å². The zero-order valence-electron chi connectivity index (χ0n) is 20.6. The van der Waals surface area contributed by atoms with E-state index in [1.807, 2.05) is 0 Å². The second-order valence-electron chi connectivity index (χ2n) is 9.28. The van der Waals surface area contributed by atoms with Crippen molar-refractivity contribution in [1.82, 2.24) is 5.32 Å². The number of carbonyl (C=O) groups is 2. The normalized spacial score (nSPS) is 12.1. The van der Waals surface area contributed by atoms with Crippen molar-refractivity contribution < 1.29 is 31.2 Å². The Kier molecular flexibility index (Phi) is 8.42. The van der Waals surface area contributed by atoms with Crippen molar-refractivity contribution >= 4 is 44.8 Å². The fourth-order valence-electron chi connectivity index (χ4n) is 3.44. The lowest BCUT2D eigenvalue weighted by Crippen LogP contribution is -2.41. The molecule has 2 N–H and O–H groups in total. The van der Waals surface area contributed by atoms with Crippen LogP contribution in [0.2, 0.25) is 5.02 Å². The molecule has 202 valence electrons. The van der Waals surface area contributed by atoms with Gasteiger partial charge in [0.2, 0.25) is 5.91 Å². The topological polar surface area (TPSA) is 95.6 Å². The van der Waals surface area contributed by atoms with Gasteiger partial charge < -0.3 is 10.6 Å². The Morgan fingerprint density at radius 2 is 1.53 bits per heavy atom. The van der Waals surface area contributed by atoms with Gasteiger partial charge in [0, 0.05) is 5.54 Å². The van der Waals surface area contributed by atoms with E-state index in [4.69, 9.17) is 11.6 Å². The number of sulfonamides is 1. The lowest BCUT2D eigenvalue weighted by atomic mass is 10.1. The largest absolute Gasteiger partial charge is 0.417 e. The van der Waals surface area contributed by atoms with Crippen molar-refractivity contribution in [1.29, 1.82) is 0 Å². The van der Waals surface area contributed by atoms with Crippen LogP contribution in [0, 0.1) is 0 Å². The predicted molar refractivity (Wildman–Crippen MR) is 140 cm³/mol. The van der Waals surface area contributed by atoms with Gasteiger partial charge in [0.25, 0.3) is 15.9 Å². The van der Waals surface area contributed by atoms with Crippen LogP contribution in [0.3, 0.4) is 0 Å². The second-order valence-corrected chi connectivity index (χ2v) is 11.6. The summed E-state index contributed by atoms with van der Waals surface area (Å²) >= 11 is 5.72. The number of hydrogen-bond acceptors (Lipinski definition) is 4. The third-order valence-corrected chi connectivity index (χ3v) is 7.21. The summed E-state index contributed by atoms with van der Waals surface area (Å²) in [5, 5.41) is 4.65. The monoisotopic (exact) mass is 567 g/mol. The number of benzene rings is 3. The van der Waals surface area contributed by atoms with Crippen LogP contribution in [0.25, 0.3) is 0 Å². The Balaban J connectivity index is 2.01. The van der Waals surface area contributed by atoms with Crippen LogP contribution in [0.5, 0.6) is 0 Å². The first-order valence-corrected chi connectivity index (χ1v) is 13.1. The van der Waals surface area contributed by atoms with E-state index in [1.165, 1.54) is 36.4 Å². The van der Waals surface area contributed by atoms with Crippen LogP contribution < -0.4 is 14.9 Å². The Bertz CT molecular complexity index is 1440. The second kappa shape index (κ2) is 11.0. The van der Waals surface area contributed by atoms with E-state index in [1.54, 1.807) is 39.0 Å². The number of nitrogens with one attached hydrogen (secondary N) is 2. The third kappa shape index (κ3) is 7.05. The molecule has 0 radical (unpaired) electrons. The summed E-state index contributed by atoms with van der Waals surface area (Å²) in [6.45, 7) is 4.45. The Morgan fingerprint density at radius 3 is 2.13 bits per heavy atom. The Morgan fingerprint density at radius 1 is 0.921 bits per heavy atom. The number of amides is 2. The van der Waals surface area contributed by atoms with Crippen LogP contribution in [-0.2, 0) is 21.0 Å². The lowest BCUT2D eigenvalue weighted by Gasteiger charge is -2.25. The van der Waals surface area contributed by atoms with Gasteiger partial charge in [-0.3, -0.25) is 13.9 Å². The fraction of sp³-hybridized carbons (Fsp3) is 0.231. The molecule has 0 atom stereocenters. The van der Waals surface area contributed by atoms with Gasteiger partial charge in [-0.05, 0) is 63.2 Å². The van der Waals surface area contributed by atoms with Gasteiger partial charge in [0.05, 0.1) is 32.4 Å². The van der Waals surface area contributed by atoms with Crippen molar-refractivity contribution in [3.8, 4) is 0 Å². The molecule has 0 spiro atoms. The SMILES string of the molecule is CC(C)(C)NC(=O)c1ccccc1NC(=O)CN(c1ccc(Cl)c(C(F)(F)F)c1)S(=O)(=O)c1ccccc1. The van der Waals surface area contributed by atoms with Crippen molar-refractivity contribution in [2.24, 2.45) is 0 Å². The number of nitrogens with zero attached hydrogens (tertiary/aromatic N) is 1. The first-order valence-electron chi connectivity index (χ1n) is 11.3. The maximum absolute atomic E-state index is 13.5. The molecule has 0 aromatic heterocycles. The molecule has 0 saturated heterocycles. The van der Waals surface area contributed by atoms with Gasteiger partial charge in [-0.25, -0.2) is 8.42 Å². The molecule has 3 aromatic carbocycles. The maximum atomic E-state index is 13.5. The van der Waals surface area contributed by atoms with Crippen LogP contribution in [0.1, 0.15) is 36.7 Å². The maximum Gasteiger partial charge on any atom is 0.417 e. The summed E-state index contributed by atoms with van der Waals surface area (Å²) in [4.78, 5) is 25.6. The number of carbonyl (C=O) groups excluding carboxylic acids is 2. The molecule has 0 heterocycles. The molecule has 2 amide bonds. The van der Waals surface area contributed by atoms with Crippen molar-refractivity contribution in [3.63, 3.8) is 0 Å². The minimum Gasteiger partial charge on any atom is -0.347 e. The molecule has 3 rings (SSSR count). The summed E-state index contributed by atoms with van der Waals surface area (Å²) in [5.41, 5.74) is -2.02. The smallest absolute Gasteiger partial charge is 0.347 e. The van der Waals surface area contributed by atoms with Crippen LogP contribution in [0.15, 0.2) is 77.7 Å². The van der Waals surface area contributed by atoms with E-state index >= 15 is 0 Å². The van der Waals surface area contributed by atoms with E-state index in [0.29, 0.717) is 10.4 Å². The van der Waals surface area contributed by atoms with Crippen LogP contribution in [-0.4, -0.2) is 32.3 Å². The molecule has 12 heteroatoms. The number of rotatable bonds is 7. The summed E-state index contributed by atoms with van der Waals surface area (Å²) < 4.78 is 68.1. The van der Waals surface area contributed by atoms with Crippen molar-refractivity contribution in [2.75, 3.05) is 16.2 Å². The highest BCUT2D eigenvalue weighted by Gasteiger charge is 2.35. The average Bonchev–Trinajstić information content (AvgIpc) is 2.82. The molecule has 7 nitrogen and oxygen atoms in total. The lowest BCUT2D eigenvalue weighted by molar-refractivity contribution is -0.137. The van der Waals surface area contributed by atoms with E-state index in [0.717, 1.165) is 12.1 Å². The molecule has 0 saturated carbocycles. The van der Waals surface area contributed by atoms with Gasteiger partial charge >= 0.3 is 6.18 Å². The summed E-state index contributed by atoms with van der Waals surface area (Å²) in [6, 6.07) is 15.6. The summed E-state index contributed by atoms with van der Waals surface area (Å²) in [6.07, 6.45) is -4.86. The predicted octanol–water partition coefficient (Wildman–Crippen LogP) is 5.72. The number of para-hydroxylation sites is 1. The van der Waals surface area contributed by atoms with Crippen LogP contribution in [0.4, 0.5) is 24.5 Å². The van der Waals surface area contributed by atoms with E-state index in [-0.39, 0.29) is 16.1 Å². The molecule has 3 aromatic rings. The highest BCUT2D eigenvalue weighted by atomic mass is 35.5. The van der Waals surface area contributed by atoms with Gasteiger partial charge in [0.15, 0.2) is 0 Å². The van der Waals surface area contributed by atoms with Crippen molar-refractivity contribution in [2.45, 2.75) is 37.4 Å². The molecular weight excluding hydrogens is 543 g/mol. The number of alkyl halides is 3. The molecule has 0 unspecified atom stereocenters. The quantitative estimate of drug-likeness (QED) is 0.382. The average molecular weight is 568 g/mol. The van der Waals surface area contributed by atoms with Crippen LogP contribution >= 0.6 is 11.6 Å². The van der Waals surface area contributed by atoms with E-state index in [2.05, 4.69) is 10.6 Å². The summed E-state index contributed by atoms with van der Waals surface area (Å²) in [7, 11) is -4.48. The van der Waals surface area contributed by atoms with Gasteiger partial charge in [-0.15, -0.1) is 0 Å². The fourth-order valence-corrected chi connectivity index (χ4v) is 5.10. The van der Waals surface area contributed by atoms with Crippen molar-refractivity contribution in [3.05, 3.63) is 88.9 Å². The minimum absolute atomic E-state index is 0.100. The first kappa shape index (κ1) is 29.0. The standard InChI is InChI=1S/C26H25ClF3N3O4S/c1-25(2,3)32-24(35)19-11-7-8-12-22(19)31-23(34)16-33(38(36,37)18-9-5-4-6-10-18)17-13-14-21(27)20(15-17)26(28,29)30/h4-15H,16H2,1-3H3,(H,31,34)(H,32,35). The third-order valence-electron chi connectivity index (χ3n) is 5.10. The minimum atomic E-state index is -4.86. The number of hydrogen-bond donors (Lipinski definition) is 2. The molecule has 0 aliphatic heterocycles. The zero-order valence-corrected chi connectivity index (χ0v) is 22.2. The molecule has 0 bridgehead atoms. The molecule has 0 aliphatic rings. The molecular formula is C26H25ClF3N3O4S. The molecule has 0 aliphatic carbocycles. The van der Waals surface area contributed by atoms with Gasteiger partial charge in [0.1, 0.15) is 6.54 Å². The zero-order chi connectivity index (χ0) is 28.3. The molecule has 0 fully saturated rings. The Labute approximate surface area is 223 Å². The van der Waals surface area contributed by atoms with E-state index in [9.17, 15) is 31.2 Å². The highest BCUT2D eigenvalue weighted by Crippen LogP contribution is 2.38. The molecule has 38 heavy (non-hydrogen) atoms. The van der Waals surface area contributed by atoms with Gasteiger partial charge in [-0.1, -0.05) is 41.9 Å². The Hall–Kier alpha value is -3.57.